The average molecular weight is 815 g/mol. The fourth-order valence-corrected chi connectivity index (χ4v) is 6.31. The summed E-state index contributed by atoms with van der Waals surface area (Å²) in [5.41, 5.74) is 2.03. The van der Waals surface area contributed by atoms with Crippen LogP contribution in [0, 0.1) is 12.3 Å². The Hall–Kier alpha value is -7.27. The Balaban J connectivity index is 1.04. The molecule has 14 heteroatoms. The summed E-state index contributed by atoms with van der Waals surface area (Å²) < 4.78 is 28.1. The Kier molecular flexibility index (Phi) is 15.2. The Morgan fingerprint density at radius 2 is 1.53 bits per heavy atom. The van der Waals surface area contributed by atoms with Crippen molar-refractivity contribution < 1.29 is 47.8 Å². The predicted molar refractivity (Wildman–Crippen MR) is 220 cm³/mol. The van der Waals surface area contributed by atoms with Gasteiger partial charge in [0.15, 0.2) is 23.0 Å². The summed E-state index contributed by atoms with van der Waals surface area (Å²) in [5, 5.41) is 18.7. The number of benzene rings is 4. The van der Waals surface area contributed by atoms with Crippen LogP contribution < -0.4 is 29.6 Å². The molecule has 3 amide bonds. The molecule has 1 aliphatic heterocycles. The molecule has 60 heavy (non-hydrogen) atoms. The molecule has 1 aliphatic rings. The van der Waals surface area contributed by atoms with E-state index in [1.165, 1.54) is 11.0 Å². The second kappa shape index (κ2) is 21.5. The third-order valence-electron chi connectivity index (χ3n) is 9.55. The average Bonchev–Trinajstić information content (AvgIpc) is 3.96. The quantitative estimate of drug-likeness (QED) is 0.0478. The lowest BCUT2D eigenvalue weighted by Gasteiger charge is -2.31. The second-order valence-corrected chi connectivity index (χ2v) is 13.9. The Morgan fingerprint density at radius 3 is 2.28 bits per heavy atom. The van der Waals surface area contributed by atoms with Crippen LogP contribution in [-0.2, 0) is 27.5 Å². The summed E-state index contributed by atoms with van der Waals surface area (Å²) in [6.07, 6.45) is 8.71. The minimum absolute atomic E-state index is 0.0674. The minimum atomic E-state index is -1.21. The van der Waals surface area contributed by atoms with E-state index in [4.69, 9.17) is 29.9 Å². The molecule has 0 spiro atoms. The van der Waals surface area contributed by atoms with Gasteiger partial charge in [0.05, 0.1) is 0 Å². The van der Waals surface area contributed by atoms with Gasteiger partial charge in [0.2, 0.25) is 24.5 Å². The van der Waals surface area contributed by atoms with Gasteiger partial charge in [-0.15, -0.1) is 12.3 Å². The van der Waals surface area contributed by atoms with Crippen molar-refractivity contribution in [1.82, 2.24) is 20.7 Å². The zero-order valence-corrected chi connectivity index (χ0v) is 33.0. The summed E-state index contributed by atoms with van der Waals surface area (Å²) >= 11 is 0. The van der Waals surface area contributed by atoms with Gasteiger partial charge in [-0.25, -0.2) is 4.79 Å². The maximum Gasteiger partial charge on any atom is 0.358 e. The van der Waals surface area contributed by atoms with Crippen LogP contribution >= 0.6 is 0 Å². The second-order valence-electron chi connectivity index (χ2n) is 13.9. The highest BCUT2D eigenvalue weighted by atomic mass is 16.7. The van der Waals surface area contributed by atoms with Crippen molar-refractivity contribution in [3.8, 4) is 52.4 Å². The first-order valence-corrected chi connectivity index (χ1v) is 19.7. The van der Waals surface area contributed by atoms with Crippen molar-refractivity contribution >= 4 is 23.7 Å². The number of aromatic carboxylic acids is 1. The number of ether oxygens (including phenoxy) is 4. The number of nitrogens with zero attached hydrogens (tertiary/aromatic N) is 2. The van der Waals surface area contributed by atoms with Crippen molar-refractivity contribution in [2.45, 2.75) is 64.1 Å². The van der Waals surface area contributed by atoms with Gasteiger partial charge in [-0.1, -0.05) is 48.0 Å². The van der Waals surface area contributed by atoms with Crippen LogP contribution in [0.3, 0.4) is 0 Å². The van der Waals surface area contributed by atoms with Gasteiger partial charge in [-0.2, -0.15) is 0 Å². The van der Waals surface area contributed by atoms with E-state index in [1.54, 1.807) is 36.4 Å². The highest BCUT2D eigenvalue weighted by Gasteiger charge is 2.31. The molecular weight excluding hydrogens is 769 g/mol. The van der Waals surface area contributed by atoms with E-state index in [-0.39, 0.29) is 49.6 Å². The van der Waals surface area contributed by atoms with Crippen LogP contribution in [0.4, 0.5) is 0 Å². The highest BCUT2D eigenvalue weighted by Crippen LogP contribution is 2.33. The van der Waals surface area contributed by atoms with E-state index in [0.29, 0.717) is 80.2 Å². The predicted octanol–water partition coefficient (Wildman–Crippen LogP) is 7.13. The van der Waals surface area contributed by atoms with Crippen molar-refractivity contribution in [2.75, 3.05) is 19.9 Å². The first-order chi connectivity index (χ1) is 29.2. The lowest BCUT2D eigenvalue weighted by molar-refractivity contribution is -0.142. The van der Waals surface area contributed by atoms with E-state index >= 15 is 0 Å². The molecule has 1 unspecified atom stereocenters. The first kappa shape index (κ1) is 42.3. The van der Waals surface area contributed by atoms with E-state index in [9.17, 15) is 24.3 Å². The van der Waals surface area contributed by atoms with Gasteiger partial charge in [0.1, 0.15) is 29.9 Å². The van der Waals surface area contributed by atoms with Crippen molar-refractivity contribution in [1.29, 1.82) is 0 Å². The molecule has 0 saturated carbocycles. The summed E-state index contributed by atoms with van der Waals surface area (Å²) in [7, 11) is 0. The van der Waals surface area contributed by atoms with Gasteiger partial charge in [-0.3, -0.25) is 14.4 Å². The molecule has 0 fully saturated rings. The topological polar surface area (TPSA) is 179 Å². The molecule has 0 saturated heterocycles. The van der Waals surface area contributed by atoms with Gasteiger partial charge >= 0.3 is 5.97 Å². The maximum absolute atomic E-state index is 14.0. The molecular formula is C46H46N4O10. The fourth-order valence-electron chi connectivity index (χ4n) is 6.31. The van der Waals surface area contributed by atoms with Crippen LogP contribution in [-0.4, -0.2) is 64.8 Å². The standard InChI is InChI=1S/C46H46N4O10/c1-2-3-6-14-44(52)50(29-33-17-24-40-42(26-33)58-31-57-40)39(30-56-35-22-18-34(19-23-35)41-27-38(46(54)55)49-60-41)45(53)47-25-10-5-9-13-43(51)48-28-32-15-20-37(21-16-32)59-36-11-7-4-8-12-36/h1,4,7-8,11-12,15-24,26-27,39H,3,5-6,9-10,13-14,25,28-31H2,(H,47,53)(H,48,51)(H,54,55). The minimum Gasteiger partial charge on any atom is -0.491 e. The molecule has 1 atom stereocenters. The summed E-state index contributed by atoms with van der Waals surface area (Å²) in [6.45, 7) is 0.720. The van der Waals surface area contributed by atoms with Crippen molar-refractivity contribution in [3.05, 3.63) is 120 Å². The number of amides is 3. The molecule has 0 radical (unpaired) electrons. The number of hydrogen-bond donors (Lipinski definition) is 3. The Bertz CT molecular complexity index is 2250. The van der Waals surface area contributed by atoms with Gasteiger partial charge < -0.3 is 44.1 Å². The maximum atomic E-state index is 14.0. The molecule has 0 bridgehead atoms. The van der Waals surface area contributed by atoms with Gasteiger partial charge in [0.25, 0.3) is 0 Å². The molecule has 5 aromatic rings. The molecule has 6 rings (SSSR count). The number of para-hydroxylation sites is 1. The lowest BCUT2D eigenvalue weighted by Crippen LogP contribution is -2.52. The van der Waals surface area contributed by atoms with Crippen LogP contribution in [0.25, 0.3) is 11.3 Å². The van der Waals surface area contributed by atoms with Crippen molar-refractivity contribution in [3.63, 3.8) is 0 Å². The van der Waals surface area contributed by atoms with Gasteiger partial charge in [-0.05, 0) is 91.1 Å². The lowest BCUT2D eigenvalue weighted by atomic mass is 10.1. The normalized spacial score (nSPS) is 11.8. The molecule has 4 aromatic carbocycles. The van der Waals surface area contributed by atoms with E-state index in [2.05, 4.69) is 21.7 Å². The fraction of sp³-hybridized carbons (Fsp3) is 0.283. The van der Waals surface area contributed by atoms with Crippen LogP contribution in [0.2, 0.25) is 0 Å². The molecule has 14 nitrogen and oxygen atoms in total. The number of carbonyl (C=O) groups is 4. The number of unbranched alkanes of at least 4 members (excludes halogenated alkanes) is 3. The smallest absolute Gasteiger partial charge is 0.358 e. The zero-order chi connectivity index (χ0) is 42.1. The highest BCUT2D eigenvalue weighted by molar-refractivity contribution is 5.88. The molecule has 3 N–H and O–H groups in total. The number of carbonyl (C=O) groups excluding carboxylic acids is 3. The zero-order valence-electron chi connectivity index (χ0n) is 33.0. The van der Waals surface area contributed by atoms with Gasteiger partial charge in [0, 0.05) is 50.5 Å². The Morgan fingerprint density at radius 1 is 0.800 bits per heavy atom. The summed E-state index contributed by atoms with van der Waals surface area (Å²) in [4.78, 5) is 53.2. The van der Waals surface area contributed by atoms with E-state index in [0.717, 1.165) is 16.9 Å². The monoisotopic (exact) mass is 814 g/mol. The van der Waals surface area contributed by atoms with Crippen LogP contribution in [0.5, 0.6) is 28.7 Å². The molecule has 1 aromatic heterocycles. The number of fused-ring (bicyclic) bond motifs is 1. The summed E-state index contributed by atoms with van der Waals surface area (Å²) in [5.74, 6) is 3.87. The number of carboxylic acid groups (broad SMARTS) is 1. The van der Waals surface area contributed by atoms with Crippen molar-refractivity contribution in [2.24, 2.45) is 0 Å². The first-order valence-electron chi connectivity index (χ1n) is 19.7. The molecule has 310 valence electrons. The third-order valence-corrected chi connectivity index (χ3v) is 9.55. The number of nitrogens with one attached hydrogen (secondary N) is 2. The third kappa shape index (κ3) is 12.4. The molecule has 2 heterocycles. The SMILES string of the molecule is C#CCCCC(=O)N(Cc1ccc2c(c1)OCO2)C(COc1ccc(-c2cc(C(=O)O)no2)cc1)C(=O)NCCCCCC(=O)NCc1ccc(Oc2ccccc2)cc1. The number of hydrogen-bond acceptors (Lipinski definition) is 10. The van der Waals surface area contributed by atoms with Crippen LogP contribution in [0.15, 0.2) is 108 Å². The molecule has 0 aliphatic carbocycles. The number of rotatable bonds is 22. The summed E-state index contributed by atoms with van der Waals surface area (Å²) in [6, 6.07) is 29.4. The Labute approximate surface area is 347 Å². The van der Waals surface area contributed by atoms with E-state index in [1.807, 2.05) is 60.7 Å². The largest absolute Gasteiger partial charge is 0.491 e. The van der Waals surface area contributed by atoms with E-state index < -0.39 is 17.9 Å². The number of terminal acetylenes is 1. The number of aromatic nitrogens is 1. The number of carboxylic acids is 1. The van der Waals surface area contributed by atoms with Crippen LogP contribution in [0.1, 0.15) is 66.6 Å².